The van der Waals surface area contributed by atoms with Gasteiger partial charge < -0.3 is 14.5 Å². The molecule has 0 unspecified atom stereocenters. The van der Waals surface area contributed by atoms with Gasteiger partial charge in [-0.25, -0.2) is 0 Å². The summed E-state index contributed by atoms with van der Waals surface area (Å²) < 4.78 is 5.82. The third kappa shape index (κ3) is 4.29. The lowest BCUT2D eigenvalue weighted by molar-refractivity contribution is -0.141. The van der Waals surface area contributed by atoms with Gasteiger partial charge in [0.2, 0.25) is 5.91 Å². The number of fused-ring (bicyclic) bond motifs is 4. The summed E-state index contributed by atoms with van der Waals surface area (Å²) in [6.07, 6.45) is 7.34. The minimum absolute atomic E-state index is 0.235. The zero-order valence-electron chi connectivity index (χ0n) is 15.8. The highest BCUT2D eigenvalue weighted by atomic mass is 16.5. The van der Waals surface area contributed by atoms with Crippen LogP contribution in [0.1, 0.15) is 44.1 Å². The number of nitrogens with zero attached hydrogens (tertiary/aromatic N) is 2. The van der Waals surface area contributed by atoms with E-state index in [2.05, 4.69) is 34.1 Å². The first-order chi connectivity index (χ1) is 12.8. The molecule has 1 aliphatic carbocycles. The van der Waals surface area contributed by atoms with Gasteiger partial charge >= 0.3 is 0 Å². The molecule has 0 aromatic heterocycles. The van der Waals surface area contributed by atoms with Gasteiger partial charge in [-0.3, -0.25) is 4.79 Å². The lowest BCUT2D eigenvalue weighted by Crippen LogP contribution is -2.50. The molecular weight excluding hydrogens is 324 g/mol. The molecule has 4 aliphatic rings. The molecule has 4 heteroatoms. The second-order valence-electron chi connectivity index (χ2n) is 8.37. The van der Waals surface area contributed by atoms with E-state index in [1.807, 2.05) is 6.07 Å². The van der Waals surface area contributed by atoms with Gasteiger partial charge in [0.25, 0.3) is 0 Å². The van der Waals surface area contributed by atoms with E-state index in [4.69, 9.17) is 4.74 Å². The number of piperidine rings is 1. The summed E-state index contributed by atoms with van der Waals surface area (Å²) in [6.45, 7) is 5.57. The summed E-state index contributed by atoms with van der Waals surface area (Å²) in [5, 5.41) is 0. The van der Waals surface area contributed by atoms with Gasteiger partial charge in [0.15, 0.2) is 0 Å². The third-order valence-corrected chi connectivity index (χ3v) is 6.42. The summed E-state index contributed by atoms with van der Waals surface area (Å²) in [5.74, 6) is 1.45. The first-order valence-electron chi connectivity index (χ1n) is 10.4. The first kappa shape index (κ1) is 18.0. The second-order valence-corrected chi connectivity index (χ2v) is 8.37. The molecule has 5 rings (SSSR count). The highest BCUT2D eigenvalue weighted by molar-refractivity contribution is 5.80. The van der Waals surface area contributed by atoms with Crippen molar-refractivity contribution in [3.63, 3.8) is 0 Å². The Kier molecular flexibility index (Phi) is 5.91. The number of benzene rings is 1. The van der Waals surface area contributed by atoms with E-state index in [1.165, 1.54) is 31.2 Å². The van der Waals surface area contributed by atoms with Crippen molar-refractivity contribution in [3.8, 4) is 0 Å². The fraction of sp³-hybridized carbons (Fsp3) is 0.682. The fourth-order valence-corrected chi connectivity index (χ4v) is 4.66. The van der Waals surface area contributed by atoms with E-state index < -0.39 is 0 Å². The average molecular weight is 357 g/mol. The van der Waals surface area contributed by atoms with Crippen molar-refractivity contribution in [1.82, 2.24) is 9.80 Å². The van der Waals surface area contributed by atoms with Crippen molar-refractivity contribution in [1.29, 1.82) is 0 Å². The maximum absolute atomic E-state index is 12.8. The number of ether oxygens (including phenoxy) is 1. The predicted octanol–water partition coefficient (Wildman–Crippen LogP) is 3.32. The molecule has 2 bridgehead atoms. The Morgan fingerprint density at radius 2 is 1.88 bits per heavy atom. The van der Waals surface area contributed by atoms with Crippen LogP contribution in [0.3, 0.4) is 0 Å². The van der Waals surface area contributed by atoms with E-state index in [0.29, 0.717) is 18.6 Å². The maximum Gasteiger partial charge on any atom is 0.227 e. The lowest BCUT2D eigenvalue weighted by atomic mass is 9.83. The molecule has 26 heavy (non-hydrogen) atoms. The highest BCUT2D eigenvalue weighted by Gasteiger charge is 2.41. The van der Waals surface area contributed by atoms with Gasteiger partial charge in [0.1, 0.15) is 0 Å². The zero-order chi connectivity index (χ0) is 17.8. The quantitative estimate of drug-likeness (QED) is 0.670. The molecule has 0 N–H and O–H groups in total. The van der Waals surface area contributed by atoms with E-state index >= 15 is 0 Å². The molecule has 3 saturated heterocycles. The number of carbonyl (C=O) groups excluding carboxylic acids is 1. The minimum Gasteiger partial charge on any atom is -0.377 e. The third-order valence-electron chi connectivity index (χ3n) is 6.42. The van der Waals surface area contributed by atoms with Crippen LogP contribution in [0.4, 0.5) is 0 Å². The maximum atomic E-state index is 12.8. The molecule has 1 saturated carbocycles. The normalized spacial score (nSPS) is 26.8. The molecular formula is C22H32N2O2. The van der Waals surface area contributed by atoms with Gasteiger partial charge in [-0.2, -0.15) is 0 Å². The number of rotatable bonds is 8. The van der Waals surface area contributed by atoms with Crippen LogP contribution in [0.15, 0.2) is 30.3 Å². The Morgan fingerprint density at radius 3 is 2.65 bits per heavy atom. The Labute approximate surface area is 157 Å². The minimum atomic E-state index is 0.235. The van der Waals surface area contributed by atoms with Crippen LogP contribution in [0.25, 0.3) is 0 Å². The van der Waals surface area contributed by atoms with Crippen molar-refractivity contribution in [2.75, 3.05) is 32.8 Å². The van der Waals surface area contributed by atoms with Crippen LogP contribution in [-0.4, -0.2) is 54.5 Å². The Bertz CT molecular complexity index is 587. The van der Waals surface area contributed by atoms with Gasteiger partial charge in [0, 0.05) is 38.8 Å². The Hall–Kier alpha value is -1.39. The van der Waals surface area contributed by atoms with E-state index in [-0.39, 0.29) is 5.92 Å². The average Bonchev–Trinajstić information content (AvgIpc) is 2.90. The van der Waals surface area contributed by atoms with Gasteiger partial charge in [0.05, 0.1) is 12.5 Å². The monoisotopic (exact) mass is 356 g/mol. The van der Waals surface area contributed by atoms with Gasteiger partial charge in [-0.15, -0.1) is 0 Å². The van der Waals surface area contributed by atoms with Crippen molar-refractivity contribution in [2.45, 2.75) is 51.2 Å². The van der Waals surface area contributed by atoms with Crippen LogP contribution in [0.5, 0.6) is 0 Å². The second kappa shape index (κ2) is 8.53. The van der Waals surface area contributed by atoms with Crippen LogP contribution >= 0.6 is 0 Å². The van der Waals surface area contributed by atoms with E-state index in [1.54, 1.807) is 0 Å². The summed E-state index contributed by atoms with van der Waals surface area (Å²) in [6, 6.07) is 10.8. The molecule has 0 radical (unpaired) electrons. The van der Waals surface area contributed by atoms with Crippen molar-refractivity contribution in [2.24, 2.45) is 11.8 Å². The molecule has 2 atom stereocenters. The number of amides is 1. The smallest absolute Gasteiger partial charge is 0.227 e. The largest absolute Gasteiger partial charge is 0.377 e. The molecule has 0 spiro atoms. The Morgan fingerprint density at radius 1 is 1.04 bits per heavy atom. The Balaban J connectivity index is 1.22. The summed E-state index contributed by atoms with van der Waals surface area (Å²) in [4.78, 5) is 17.6. The molecule has 4 nitrogen and oxygen atoms in total. The molecule has 1 amide bonds. The number of hydrogen-bond acceptors (Lipinski definition) is 3. The van der Waals surface area contributed by atoms with E-state index in [9.17, 15) is 4.79 Å². The van der Waals surface area contributed by atoms with Crippen molar-refractivity contribution < 1.29 is 9.53 Å². The van der Waals surface area contributed by atoms with Crippen LogP contribution < -0.4 is 0 Å². The first-order valence-corrected chi connectivity index (χ1v) is 10.4. The molecule has 142 valence electrons. The molecule has 3 aliphatic heterocycles. The standard InChI is InChI=1S/C22H32N2O2/c25-22-20-10-11-21(24(22)14-18-8-4-9-18)16-23(15-20)12-5-13-26-17-19-6-2-1-3-7-19/h1-3,6-7,18,20-21H,4-5,8-17H2/t20-,21+/m0/s1. The fourth-order valence-electron chi connectivity index (χ4n) is 4.66. The summed E-state index contributed by atoms with van der Waals surface area (Å²) >= 11 is 0. The van der Waals surface area contributed by atoms with Crippen molar-refractivity contribution in [3.05, 3.63) is 35.9 Å². The van der Waals surface area contributed by atoms with Crippen LogP contribution in [0, 0.1) is 11.8 Å². The highest BCUT2D eigenvalue weighted by Crippen LogP contribution is 2.33. The zero-order valence-corrected chi connectivity index (χ0v) is 15.8. The molecule has 4 fully saturated rings. The lowest BCUT2D eigenvalue weighted by Gasteiger charge is -2.40. The molecule has 3 heterocycles. The SMILES string of the molecule is O=C1[C@H]2CC[C@H](CN(CCCOCc3ccccc3)C2)N1CC1CCC1. The molecule has 1 aromatic carbocycles. The molecule has 1 aromatic rings. The van der Waals surface area contributed by atoms with Crippen molar-refractivity contribution >= 4 is 5.91 Å². The van der Waals surface area contributed by atoms with E-state index in [0.717, 1.165) is 51.5 Å². The van der Waals surface area contributed by atoms with Gasteiger partial charge in [-0.05, 0) is 43.6 Å². The van der Waals surface area contributed by atoms with Crippen LogP contribution in [0.2, 0.25) is 0 Å². The number of hydrogen-bond donors (Lipinski definition) is 0. The summed E-state index contributed by atoms with van der Waals surface area (Å²) in [7, 11) is 0. The summed E-state index contributed by atoms with van der Waals surface area (Å²) in [5.41, 5.74) is 1.23. The predicted molar refractivity (Wildman–Crippen MR) is 103 cm³/mol. The van der Waals surface area contributed by atoms with Gasteiger partial charge in [-0.1, -0.05) is 36.8 Å². The van der Waals surface area contributed by atoms with Crippen LogP contribution in [-0.2, 0) is 16.1 Å². The number of carbonyl (C=O) groups is 1. The topological polar surface area (TPSA) is 32.8 Å².